The van der Waals surface area contributed by atoms with Crippen LogP contribution in [-0.2, 0) is 65.4 Å². The third-order valence-corrected chi connectivity index (χ3v) is 19.2. The summed E-state index contributed by atoms with van der Waals surface area (Å²) >= 11 is 0. The molecule has 17 nitrogen and oxygen atoms in total. The highest BCUT2D eigenvalue weighted by atomic mass is 31.2. The van der Waals surface area contributed by atoms with Crippen LogP contribution in [0.2, 0.25) is 0 Å². The van der Waals surface area contributed by atoms with Gasteiger partial charge in [0.1, 0.15) is 19.3 Å². The number of rotatable bonds is 72. The van der Waals surface area contributed by atoms with E-state index < -0.39 is 97.5 Å². The van der Waals surface area contributed by atoms with Crippen molar-refractivity contribution in [3.8, 4) is 0 Å². The van der Waals surface area contributed by atoms with E-state index in [0.29, 0.717) is 37.5 Å². The standard InChI is InChI=1S/C75H146O17P2/c1-65(2)51-43-35-27-23-19-15-11-9-10-12-18-22-26-30-41-49-57-74(79)91-70(61-85-72(77)55-47-39-29-25-21-17-14-13-16-20-24-28-36-44-52-66(3)4)63-89-93(81,82)87-59-69(76)60-88-94(83,84)90-64-71(92-75(80)58-50-42-34-32-38-46-54-68(7)8)62-86-73(78)56-48-40-33-31-37-45-53-67(5)6/h65-71,76H,9-64H2,1-8H3,(H,81,82)(H,83,84)/t69-,70-,71-/m1/s1. The van der Waals surface area contributed by atoms with Crippen LogP contribution in [-0.4, -0.2) is 96.7 Å². The van der Waals surface area contributed by atoms with Crippen LogP contribution < -0.4 is 0 Å². The van der Waals surface area contributed by atoms with Crippen LogP contribution in [0.1, 0.15) is 376 Å². The Morgan fingerprint density at radius 1 is 0.266 bits per heavy atom. The summed E-state index contributed by atoms with van der Waals surface area (Å²) in [6.07, 6.45) is 49.0. The molecule has 3 N–H and O–H groups in total. The lowest BCUT2D eigenvalue weighted by molar-refractivity contribution is -0.161. The fourth-order valence-electron chi connectivity index (χ4n) is 11.4. The first-order chi connectivity index (χ1) is 45.1. The van der Waals surface area contributed by atoms with E-state index >= 15 is 0 Å². The van der Waals surface area contributed by atoms with Crippen LogP contribution in [0.15, 0.2) is 0 Å². The van der Waals surface area contributed by atoms with E-state index in [1.165, 1.54) is 173 Å². The number of aliphatic hydroxyl groups is 1. The van der Waals surface area contributed by atoms with Gasteiger partial charge in [0.2, 0.25) is 0 Å². The first-order valence-corrected chi connectivity index (χ1v) is 41.7. The van der Waals surface area contributed by atoms with Crippen LogP contribution in [0, 0.1) is 23.7 Å². The zero-order valence-corrected chi connectivity index (χ0v) is 63.4. The van der Waals surface area contributed by atoms with Gasteiger partial charge in [-0.3, -0.25) is 37.3 Å². The summed E-state index contributed by atoms with van der Waals surface area (Å²) in [5.41, 5.74) is 0. The molecule has 2 unspecified atom stereocenters. The lowest BCUT2D eigenvalue weighted by Crippen LogP contribution is -2.30. The molecule has 94 heavy (non-hydrogen) atoms. The molecule has 558 valence electrons. The van der Waals surface area contributed by atoms with Gasteiger partial charge in [0.15, 0.2) is 12.2 Å². The zero-order valence-electron chi connectivity index (χ0n) is 61.6. The minimum absolute atomic E-state index is 0.101. The maximum atomic E-state index is 13.1. The van der Waals surface area contributed by atoms with Crippen molar-refractivity contribution in [1.29, 1.82) is 0 Å². The van der Waals surface area contributed by atoms with E-state index in [2.05, 4.69) is 55.4 Å². The number of esters is 4. The molecule has 0 heterocycles. The third-order valence-electron chi connectivity index (χ3n) is 17.3. The third kappa shape index (κ3) is 68.6. The Morgan fingerprint density at radius 3 is 0.660 bits per heavy atom. The average molecular weight is 1380 g/mol. The van der Waals surface area contributed by atoms with Crippen LogP contribution in [0.25, 0.3) is 0 Å². The fourth-order valence-corrected chi connectivity index (χ4v) is 13.0. The van der Waals surface area contributed by atoms with Gasteiger partial charge in [-0.1, -0.05) is 325 Å². The Hall–Kier alpha value is -1.94. The molecule has 19 heteroatoms. The van der Waals surface area contributed by atoms with Gasteiger partial charge in [0, 0.05) is 25.7 Å². The SMILES string of the molecule is CC(C)CCCCCCCCCCCCCCCCCCC(=O)O[C@H](COC(=O)CCCCCCCCCCCCCCCCC(C)C)COP(=O)(O)OC[C@@H](O)COP(=O)(O)OC[C@@H](COC(=O)CCCCCCCCC(C)C)OC(=O)CCCCCCCCC(C)C. The van der Waals surface area contributed by atoms with Crippen molar-refractivity contribution in [3.05, 3.63) is 0 Å². The summed E-state index contributed by atoms with van der Waals surface area (Å²) < 4.78 is 68.4. The zero-order chi connectivity index (χ0) is 69.6. The predicted octanol–water partition coefficient (Wildman–Crippen LogP) is 21.7. The van der Waals surface area contributed by atoms with Crippen molar-refractivity contribution >= 4 is 39.5 Å². The van der Waals surface area contributed by atoms with Crippen LogP contribution in [0.5, 0.6) is 0 Å². The van der Waals surface area contributed by atoms with Crippen molar-refractivity contribution in [2.45, 2.75) is 395 Å². The Labute approximate surface area is 575 Å². The van der Waals surface area contributed by atoms with Crippen LogP contribution >= 0.6 is 15.6 Å². The summed E-state index contributed by atoms with van der Waals surface area (Å²) in [7, 11) is -9.91. The molecule has 0 saturated carbocycles. The van der Waals surface area contributed by atoms with Crippen molar-refractivity contribution in [2.24, 2.45) is 23.7 Å². The number of phosphoric acid groups is 2. The number of unbranched alkanes of at least 4 members (excludes halogenated alkanes) is 38. The highest BCUT2D eigenvalue weighted by molar-refractivity contribution is 7.47. The molecule has 0 bridgehead atoms. The van der Waals surface area contributed by atoms with E-state index in [4.69, 9.17) is 37.0 Å². The smallest absolute Gasteiger partial charge is 0.462 e. The molecule has 0 fully saturated rings. The number of aliphatic hydroxyl groups excluding tert-OH is 1. The summed E-state index contributed by atoms with van der Waals surface area (Å²) in [6.45, 7) is 14.1. The molecule has 0 amide bonds. The van der Waals surface area contributed by atoms with Gasteiger partial charge in [0.25, 0.3) is 0 Å². The number of hydrogen-bond acceptors (Lipinski definition) is 15. The monoisotopic (exact) mass is 1380 g/mol. The highest BCUT2D eigenvalue weighted by Gasteiger charge is 2.30. The molecular weight excluding hydrogens is 1230 g/mol. The largest absolute Gasteiger partial charge is 0.472 e. The van der Waals surface area contributed by atoms with Crippen molar-refractivity contribution in [1.82, 2.24) is 0 Å². The lowest BCUT2D eigenvalue weighted by atomic mass is 10.0. The molecule has 0 aromatic rings. The number of carbonyl (C=O) groups is 4. The van der Waals surface area contributed by atoms with Crippen LogP contribution in [0.3, 0.4) is 0 Å². The summed E-state index contributed by atoms with van der Waals surface area (Å²) in [5.74, 6) is 0.829. The molecule has 0 aliphatic heterocycles. The Balaban J connectivity index is 5.20. The van der Waals surface area contributed by atoms with Gasteiger partial charge in [-0.05, 0) is 49.4 Å². The molecule has 0 spiro atoms. The van der Waals surface area contributed by atoms with Gasteiger partial charge in [-0.15, -0.1) is 0 Å². The van der Waals surface area contributed by atoms with Gasteiger partial charge in [0.05, 0.1) is 26.4 Å². The molecule has 0 rings (SSSR count). The van der Waals surface area contributed by atoms with Crippen LogP contribution in [0.4, 0.5) is 0 Å². The van der Waals surface area contributed by atoms with Gasteiger partial charge in [-0.25, -0.2) is 9.13 Å². The molecular formula is C75H146O17P2. The van der Waals surface area contributed by atoms with Gasteiger partial charge < -0.3 is 33.8 Å². The first-order valence-electron chi connectivity index (χ1n) is 38.7. The minimum atomic E-state index is -4.96. The topological polar surface area (TPSA) is 237 Å². The lowest BCUT2D eigenvalue weighted by Gasteiger charge is -2.21. The molecule has 0 aliphatic carbocycles. The summed E-state index contributed by atoms with van der Waals surface area (Å²) in [4.78, 5) is 72.6. The van der Waals surface area contributed by atoms with Gasteiger partial charge in [-0.2, -0.15) is 0 Å². The average Bonchev–Trinajstić information content (AvgIpc) is 2.99. The van der Waals surface area contributed by atoms with E-state index in [0.717, 1.165) is 108 Å². The van der Waals surface area contributed by atoms with Crippen molar-refractivity contribution in [2.75, 3.05) is 39.6 Å². The van der Waals surface area contributed by atoms with Crippen molar-refractivity contribution < 1.29 is 80.2 Å². The maximum absolute atomic E-state index is 13.1. The number of carbonyl (C=O) groups excluding carboxylic acids is 4. The quantitative estimate of drug-likeness (QED) is 0.0222. The van der Waals surface area contributed by atoms with Gasteiger partial charge >= 0.3 is 39.5 Å². The molecule has 0 aromatic heterocycles. The summed E-state index contributed by atoms with van der Waals surface area (Å²) in [5, 5.41) is 10.6. The number of phosphoric ester groups is 2. The van der Waals surface area contributed by atoms with E-state index in [1.807, 2.05) is 0 Å². The number of ether oxygens (including phenoxy) is 4. The Bertz CT molecular complexity index is 1850. The molecule has 0 radical (unpaired) electrons. The fraction of sp³-hybridized carbons (Fsp3) is 0.947. The first kappa shape index (κ1) is 92.1. The van der Waals surface area contributed by atoms with Crippen molar-refractivity contribution in [3.63, 3.8) is 0 Å². The number of hydrogen-bond donors (Lipinski definition) is 3. The van der Waals surface area contributed by atoms with E-state index in [9.17, 15) is 43.2 Å². The van der Waals surface area contributed by atoms with E-state index in [-0.39, 0.29) is 25.7 Å². The molecule has 0 aromatic carbocycles. The van der Waals surface area contributed by atoms with E-state index in [1.54, 1.807) is 0 Å². The predicted molar refractivity (Wildman–Crippen MR) is 381 cm³/mol. The highest BCUT2D eigenvalue weighted by Crippen LogP contribution is 2.45. The molecule has 5 atom stereocenters. The second-order valence-corrected chi connectivity index (χ2v) is 31.9. The second-order valence-electron chi connectivity index (χ2n) is 28.9. The minimum Gasteiger partial charge on any atom is -0.462 e. The molecule has 0 saturated heterocycles. The normalized spacial score (nSPS) is 14.2. The Kier molecular flexibility index (Phi) is 63.1. The Morgan fingerprint density at radius 2 is 0.447 bits per heavy atom. The summed E-state index contributed by atoms with van der Waals surface area (Å²) in [6, 6.07) is 0. The second kappa shape index (κ2) is 64.4. The maximum Gasteiger partial charge on any atom is 0.472 e. The molecule has 0 aliphatic rings.